The lowest BCUT2D eigenvalue weighted by Crippen LogP contribution is -2.37. The Kier molecular flexibility index (Phi) is 4.43. The highest BCUT2D eigenvalue weighted by molar-refractivity contribution is 7.90. The average Bonchev–Trinajstić information content (AvgIpc) is 3.25. The lowest BCUT2D eigenvalue weighted by Gasteiger charge is -2.26. The second kappa shape index (κ2) is 6.77. The van der Waals surface area contributed by atoms with Gasteiger partial charge in [-0.1, -0.05) is 12.1 Å². The molecule has 8 heteroatoms. The van der Waals surface area contributed by atoms with E-state index >= 15 is 0 Å². The minimum Gasteiger partial charge on any atom is -0.334 e. The predicted octanol–water partition coefficient (Wildman–Crippen LogP) is 1.87. The molecule has 4 rings (SSSR count). The van der Waals surface area contributed by atoms with Crippen molar-refractivity contribution in [1.82, 2.24) is 14.6 Å². The summed E-state index contributed by atoms with van der Waals surface area (Å²) >= 11 is 0. The zero-order valence-electron chi connectivity index (χ0n) is 14.9. The molecule has 2 aliphatic heterocycles. The number of carbonyl (C=O) groups excluding carboxylic acids is 1. The van der Waals surface area contributed by atoms with Crippen LogP contribution in [0.4, 0.5) is 0 Å². The van der Waals surface area contributed by atoms with Gasteiger partial charge in [-0.25, -0.2) is 8.42 Å². The molecule has 1 fully saturated rings. The summed E-state index contributed by atoms with van der Waals surface area (Å²) in [6, 6.07) is 9.82. The second-order valence-electron chi connectivity index (χ2n) is 6.73. The Labute approximate surface area is 158 Å². The van der Waals surface area contributed by atoms with E-state index in [0.29, 0.717) is 12.1 Å². The molecule has 140 valence electrons. The quantitative estimate of drug-likeness (QED) is 0.874. The molecule has 3 heterocycles. The Hall–Kier alpha value is -2.74. The molecular weight excluding hydrogens is 364 g/mol. The van der Waals surface area contributed by atoms with Gasteiger partial charge in [-0.15, -0.1) is 0 Å². The fourth-order valence-electron chi connectivity index (χ4n) is 3.68. The van der Waals surface area contributed by atoms with Crippen LogP contribution in [-0.4, -0.2) is 42.6 Å². The summed E-state index contributed by atoms with van der Waals surface area (Å²) in [5.41, 5.74) is 1.56. The van der Waals surface area contributed by atoms with Gasteiger partial charge >= 0.3 is 0 Å². The number of nitrogens with one attached hydrogen (secondary N) is 1. The Morgan fingerprint density at radius 3 is 2.78 bits per heavy atom. The van der Waals surface area contributed by atoms with Crippen LogP contribution in [0.15, 0.2) is 58.7 Å². The first-order valence-electron chi connectivity index (χ1n) is 8.88. The van der Waals surface area contributed by atoms with Gasteiger partial charge in [-0.05, 0) is 49.6 Å². The van der Waals surface area contributed by atoms with E-state index in [-0.39, 0.29) is 22.7 Å². The van der Waals surface area contributed by atoms with Crippen LogP contribution in [0.5, 0.6) is 0 Å². The standard InChI is InChI=1S/C19H20N4O3S/c1-13(21-18-15-5-2-3-7-17(15)27(25,26)22-18)19(24)23-12-4-6-16(23)14-8-10-20-11-9-14/h2-3,5,7-11,13,16H,4,6,12H2,1H3,(H,21,22)/t13-,16+/m0/s1. The van der Waals surface area contributed by atoms with Gasteiger partial charge in [0.2, 0.25) is 5.91 Å². The number of benzene rings is 1. The van der Waals surface area contributed by atoms with Gasteiger partial charge in [-0.2, -0.15) is 0 Å². The van der Waals surface area contributed by atoms with Crippen molar-refractivity contribution in [2.24, 2.45) is 4.99 Å². The van der Waals surface area contributed by atoms with Crippen LogP contribution in [0.25, 0.3) is 0 Å². The van der Waals surface area contributed by atoms with Crippen molar-refractivity contribution in [3.05, 3.63) is 59.9 Å². The lowest BCUT2D eigenvalue weighted by atomic mass is 10.1. The molecule has 1 N–H and O–H groups in total. The zero-order chi connectivity index (χ0) is 19.0. The number of nitrogens with zero attached hydrogens (tertiary/aromatic N) is 3. The Bertz CT molecular complexity index is 1000. The molecule has 0 spiro atoms. The molecule has 0 saturated carbocycles. The van der Waals surface area contributed by atoms with Gasteiger partial charge < -0.3 is 4.90 Å². The number of fused-ring (bicyclic) bond motifs is 1. The molecule has 1 saturated heterocycles. The van der Waals surface area contributed by atoms with Crippen molar-refractivity contribution in [3.8, 4) is 0 Å². The van der Waals surface area contributed by atoms with Crippen LogP contribution in [0.2, 0.25) is 0 Å². The summed E-state index contributed by atoms with van der Waals surface area (Å²) in [7, 11) is -3.61. The Morgan fingerprint density at radius 2 is 2.00 bits per heavy atom. The number of carbonyl (C=O) groups is 1. The van der Waals surface area contributed by atoms with Crippen molar-refractivity contribution in [2.75, 3.05) is 6.54 Å². The molecule has 1 amide bonds. The Morgan fingerprint density at radius 1 is 1.26 bits per heavy atom. The highest BCUT2D eigenvalue weighted by Crippen LogP contribution is 2.32. The number of aromatic nitrogens is 1. The van der Waals surface area contributed by atoms with Gasteiger partial charge in [-0.3, -0.25) is 19.5 Å². The van der Waals surface area contributed by atoms with E-state index in [0.717, 1.165) is 18.4 Å². The summed E-state index contributed by atoms with van der Waals surface area (Å²) in [4.78, 5) is 23.5. The van der Waals surface area contributed by atoms with Crippen LogP contribution in [0, 0.1) is 0 Å². The van der Waals surface area contributed by atoms with E-state index in [1.807, 2.05) is 17.0 Å². The zero-order valence-corrected chi connectivity index (χ0v) is 15.7. The third-order valence-corrected chi connectivity index (χ3v) is 6.37. The smallest absolute Gasteiger partial charge is 0.263 e. The molecule has 27 heavy (non-hydrogen) atoms. The van der Waals surface area contributed by atoms with Crippen LogP contribution in [-0.2, 0) is 14.8 Å². The highest BCUT2D eigenvalue weighted by atomic mass is 32.2. The van der Waals surface area contributed by atoms with Crippen molar-refractivity contribution in [2.45, 2.75) is 36.7 Å². The van der Waals surface area contributed by atoms with Gasteiger partial charge in [0.1, 0.15) is 11.9 Å². The van der Waals surface area contributed by atoms with E-state index < -0.39 is 16.1 Å². The average molecular weight is 384 g/mol. The molecule has 1 aromatic carbocycles. The van der Waals surface area contributed by atoms with E-state index in [1.54, 1.807) is 37.5 Å². The first kappa shape index (κ1) is 17.7. The number of pyridine rings is 1. The molecule has 1 aromatic heterocycles. The molecular formula is C19H20N4O3S. The third kappa shape index (κ3) is 3.21. The van der Waals surface area contributed by atoms with E-state index in [1.165, 1.54) is 6.07 Å². The number of sulfonamides is 1. The number of aliphatic imine (C=N–C) groups is 1. The van der Waals surface area contributed by atoms with E-state index in [4.69, 9.17) is 0 Å². The number of hydrogen-bond acceptors (Lipinski definition) is 5. The lowest BCUT2D eigenvalue weighted by molar-refractivity contribution is -0.133. The fraction of sp³-hybridized carbons (Fsp3) is 0.316. The first-order valence-corrected chi connectivity index (χ1v) is 10.4. The van der Waals surface area contributed by atoms with Crippen molar-refractivity contribution in [1.29, 1.82) is 0 Å². The van der Waals surface area contributed by atoms with Crippen LogP contribution < -0.4 is 4.72 Å². The van der Waals surface area contributed by atoms with Crippen LogP contribution in [0.3, 0.4) is 0 Å². The summed E-state index contributed by atoms with van der Waals surface area (Å²) in [5.74, 6) is 0.122. The number of amides is 1. The molecule has 2 aliphatic rings. The van der Waals surface area contributed by atoms with E-state index in [9.17, 15) is 13.2 Å². The molecule has 0 radical (unpaired) electrons. The fourth-order valence-corrected chi connectivity index (χ4v) is 4.92. The van der Waals surface area contributed by atoms with Crippen LogP contribution in [0.1, 0.15) is 36.9 Å². The Balaban J connectivity index is 1.59. The summed E-state index contributed by atoms with van der Waals surface area (Å²) < 4.78 is 26.9. The topological polar surface area (TPSA) is 91.7 Å². The molecule has 7 nitrogen and oxygen atoms in total. The maximum atomic E-state index is 13.0. The van der Waals surface area contributed by atoms with Crippen molar-refractivity contribution >= 4 is 21.8 Å². The minimum absolute atomic E-state index is 0.00991. The maximum absolute atomic E-state index is 13.0. The molecule has 2 aromatic rings. The van der Waals surface area contributed by atoms with Crippen molar-refractivity contribution in [3.63, 3.8) is 0 Å². The number of hydrogen-bond donors (Lipinski definition) is 1. The number of rotatable bonds is 3. The monoisotopic (exact) mass is 384 g/mol. The highest BCUT2D eigenvalue weighted by Gasteiger charge is 2.34. The molecule has 0 aliphatic carbocycles. The number of amidine groups is 1. The minimum atomic E-state index is -3.61. The van der Waals surface area contributed by atoms with Crippen LogP contribution >= 0.6 is 0 Å². The second-order valence-corrected chi connectivity index (χ2v) is 8.38. The van der Waals surface area contributed by atoms with Gasteiger partial charge in [0, 0.05) is 24.5 Å². The SMILES string of the molecule is C[C@H](N=C1NS(=O)(=O)c2ccccc21)C(=O)N1CCC[C@@H]1c1ccncc1. The van der Waals surface area contributed by atoms with Gasteiger partial charge in [0.05, 0.1) is 10.9 Å². The third-order valence-electron chi connectivity index (χ3n) is 4.97. The largest absolute Gasteiger partial charge is 0.334 e. The van der Waals surface area contributed by atoms with Crippen molar-refractivity contribution < 1.29 is 13.2 Å². The summed E-state index contributed by atoms with van der Waals surface area (Å²) in [6.07, 6.45) is 5.28. The van der Waals surface area contributed by atoms with E-state index in [2.05, 4.69) is 14.7 Å². The van der Waals surface area contributed by atoms with Gasteiger partial charge in [0.15, 0.2) is 0 Å². The first-order chi connectivity index (χ1) is 13.0. The molecule has 0 bridgehead atoms. The normalized spacial score (nSPS) is 23.1. The maximum Gasteiger partial charge on any atom is 0.263 e. The number of likely N-dealkylation sites (tertiary alicyclic amines) is 1. The summed E-state index contributed by atoms with van der Waals surface area (Å²) in [5, 5.41) is 0. The molecule has 2 atom stereocenters. The molecule has 0 unspecified atom stereocenters. The van der Waals surface area contributed by atoms with Gasteiger partial charge in [0.25, 0.3) is 10.0 Å². The summed E-state index contributed by atoms with van der Waals surface area (Å²) in [6.45, 7) is 2.37. The predicted molar refractivity (Wildman–Crippen MR) is 101 cm³/mol.